The van der Waals surface area contributed by atoms with Gasteiger partial charge in [-0.2, -0.15) is 0 Å². The van der Waals surface area contributed by atoms with E-state index in [1.165, 1.54) is 0 Å². The first kappa shape index (κ1) is 24.0. The van der Waals surface area contributed by atoms with E-state index in [0.29, 0.717) is 24.2 Å². The summed E-state index contributed by atoms with van der Waals surface area (Å²) in [4.78, 5) is 46.0. The number of H-pyrrole nitrogens is 1. The summed E-state index contributed by atoms with van der Waals surface area (Å²) in [5.74, 6) is -0.247. The van der Waals surface area contributed by atoms with E-state index in [-0.39, 0.29) is 36.2 Å². The van der Waals surface area contributed by atoms with Crippen LogP contribution in [0.4, 0.5) is 0 Å². The second-order valence-electron chi connectivity index (χ2n) is 10.2. The second-order valence-corrected chi connectivity index (χ2v) is 10.2. The fourth-order valence-electron chi connectivity index (χ4n) is 5.79. The number of carbonyl (C=O) groups is 3. The van der Waals surface area contributed by atoms with Crippen LogP contribution in [0.3, 0.4) is 0 Å². The van der Waals surface area contributed by atoms with Gasteiger partial charge >= 0.3 is 0 Å². The molecule has 0 fully saturated rings. The molecule has 4 aromatic rings. The molecular weight excluding hydrogens is 480 g/mol. The van der Waals surface area contributed by atoms with Crippen LogP contribution in [0.2, 0.25) is 0 Å². The van der Waals surface area contributed by atoms with Crippen LogP contribution in [0.15, 0.2) is 71.3 Å². The lowest BCUT2D eigenvalue weighted by molar-refractivity contribution is -0.133. The number of benzene rings is 2. The van der Waals surface area contributed by atoms with Gasteiger partial charge < -0.3 is 24.9 Å². The molecule has 0 saturated carbocycles. The smallest absolute Gasteiger partial charge is 0.255 e. The summed E-state index contributed by atoms with van der Waals surface area (Å²) in [6.07, 6.45) is 2.62. The Morgan fingerprint density at radius 2 is 1.89 bits per heavy atom. The number of amides is 3. The molecule has 2 aromatic heterocycles. The van der Waals surface area contributed by atoms with E-state index in [9.17, 15) is 14.4 Å². The van der Waals surface area contributed by atoms with Crippen molar-refractivity contribution in [3.63, 3.8) is 0 Å². The topological polar surface area (TPSA) is 107 Å². The predicted octanol–water partition coefficient (Wildman–Crippen LogP) is 4.08. The van der Waals surface area contributed by atoms with E-state index in [1.54, 1.807) is 23.3 Å². The largest absolute Gasteiger partial charge is 0.467 e. The van der Waals surface area contributed by atoms with Crippen molar-refractivity contribution >= 4 is 28.6 Å². The minimum Gasteiger partial charge on any atom is -0.467 e. The molecular formula is C30H30N4O4. The number of hydrogen-bond acceptors (Lipinski definition) is 4. The Kier molecular flexibility index (Phi) is 6.02. The molecule has 4 heterocycles. The Bertz CT molecular complexity index is 1520. The molecule has 0 bridgehead atoms. The van der Waals surface area contributed by atoms with Crippen LogP contribution < -0.4 is 10.6 Å². The number of furan rings is 1. The fraction of sp³-hybridized carbons (Fsp3) is 0.300. The lowest BCUT2D eigenvalue weighted by Crippen LogP contribution is -2.58. The van der Waals surface area contributed by atoms with E-state index in [0.717, 1.165) is 27.7 Å². The average Bonchev–Trinajstić information content (AvgIpc) is 3.66. The fourth-order valence-corrected chi connectivity index (χ4v) is 5.79. The molecule has 6 rings (SSSR count). The van der Waals surface area contributed by atoms with Crippen LogP contribution in [0, 0.1) is 5.92 Å². The van der Waals surface area contributed by atoms with Gasteiger partial charge in [-0.3, -0.25) is 14.4 Å². The molecule has 4 atom stereocenters. The van der Waals surface area contributed by atoms with Crippen LogP contribution in [-0.4, -0.2) is 39.7 Å². The number of aromatic nitrogens is 1. The molecule has 8 nitrogen and oxygen atoms in total. The van der Waals surface area contributed by atoms with Crippen LogP contribution in [0.1, 0.15) is 59.2 Å². The van der Waals surface area contributed by atoms with Crippen LogP contribution in [0.25, 0.3) is 10.9 Å². The van der Waals surface area contributed by atoms with Gasteiger partial charge in [-0.1, -0.05) is 56.7 Å². The first-order chi connectivity index (χ1) is 18.5. The Hall–Kier alpha value is -4.33. The highest BCUT2D eigenvalue weighted by atomic mass is 16.3. The summed E-state index contributed by atoms with van der Waals surface area (Å²) >= 11 is 0. The van der Waals surface area contributed by atoms with E-state index in [2.05, 4.69) is 15.6 Å². The number of aromatic amines is 1. The zero-order chi connectivity index (χ0) is 26.4. The number of fused-ring (bicyclic) bond motifs is 7. The van der Waals surface area contributed by atoms with Crippen molar-refractivity contribution in [3.05, 3.63) is 95.1 Å². The Balaban J connectivity index is 1.34. The standard InChI is InChI=1S/C30H30N4O4/c1-3-17(2)25(29(36)31-16-18-9-8-14-38-18)33-28(35)24-15-22-19-10-6-7-13-23(19)32-26(22)27-20-11-4-5-12-21(20)30(37)34(24)27/h4-14,17,24-25,27,32H,3,15-16H2,1-2H3,(H,31,36)(H,33,35)/t17?,24-,25-,27?/m0/s1. The molecule has 2 aliphatic rings. The van der Waals surface area contributed by atoms with Crippen molar-refractivity contribution in [2.75, 3.05) is 0 Å². The molecule has 2 aliphatic heterocycles. The molecule has 2 aromatic carbocycles. The maximum absolute atomic E-state index is 14.0. The maximum atomic E-state index is 14.0. The number of nitrogens with one attached hydrogen (secondary N) is 3. The number of hydrogen-bond donors (Lipinski definition) is 3. The van der Waals surface area contributed by atoms with Gasteiger partial charge in [-0.25, -0.2) is 0 Å². The Morgan fingerprint density at radius 1 is 1.11 bits per heavy atom. The van der Waals surface area contributed by atoms with Crippen molar-refractivity contribution in [3.8, 4) is 0 Å². The van der Waals surface area contributed by atoms with Crippen LogP contribution in [-0.2, 0) is 22.6 Å². The molecule has 3 amide bonds. The average molecular weight is 511 g/mol. The normalized spacial score (nSPS) is 19.4. The van der Waals surface area contributed by atoms with E-state index in [1.807, 2.05) is 62.4 Å². The third-order valence-electron chi connectivity index (χ3n) is 7.96. The van der Waals surface area contributed by atoms with Gasteiger partial charge in [0.1, 0.15) is 17.8 Å². The molecule has 8 heteroatoms. The summed E-state index contributed by atoms with van der Waals surface area (Å²) < 4.78 is 5.33. The monoisotopic (exact) mass is 510 g/mol. The molecule has 0 radical (unpaired) electrons. The Morgan fingerprint density at radius 3 is 2.68 bits per heavy atom. The third kappa shape index (κ3) is 3.88. The van der Waals surface area contributed by atoms with Crippen LogP contribution in [0.5, 0.6) is 0 Å². The third-order valence-corrected chi connectivity index (χ3v) is 7.96. The van der Waals surface area contributed by atoms with Crippen molar-refractivity contribution < 1.29 is 18.8 Å². The predicted molar refractivity (Wildman–Crippen MR) is 142 cm³/mol. The van der Waals surface area contributed by atoms with E-state index >= 15 is 0 Å². The zero-order valence-corrected chi connectivity index (χ0v) is 21.4. The quantitative estimate of drug-likeness (QED) is 0.348. The highest BCUT2D eigenvalue weighted by Crippen LogP contribution is 2.46. The number of nitrogens with zero attached hydrogens (tertiary/aromatic N) is 1. The number of para-hydroxylation sites is 1. The highest BCUT2D eigenvalue weighted by molar-refractivity contribution is 6.04. The maximum Gasteiger partial charge on any atom is 0.255 e. The lowest BCUT2D eigenvalue weighted by Gasteiger charge is -2.38. The van der Waals surface area contributed by atoms with Gasteiger partial charge in [0.15, 0.2) is 0 Å². The first-order valence-corrected chi connectivity index (χ1v) is 13.1. The molecule has 194 valence electrons. The highest BCUT2D eigenvalue weighted by Gasteiger charge is 2.49. The minimum absolute atomic E-state index is 0.106. The number of rotatable bonds is 7. The summed E-state index contributed by atoms with van der Waals surface area (Å²) in [5.41, 5.74) is 4.45. The van der Waals surface area contributed by atoms with Crippen molar-refractivity contribution in [1.82, 2.24) is 20.5 Å². The van der Waals surface area contributed by atoms with Gasteiger partial charge in [-0.05, 0) is 41.3 Å². The van der Waals surface area contributed by atoms with Crippen molar-refractivity contribution in [1.29, 1.82) is 0 Å². The zero-order valence-electron chi connectivity index (χ0n) is 21.4. The summed E-state index contributed by atoms with van der Waals surface area (Å²) in [6, 6.07) is 17.2. The van der Waals surface area contributed by atoms with Crippen LogP contribution >= 0.6 is 0 Å². The van der Waals surface area contributed by atoms with Crippen molar-refractivity contribution in [2.24, 2.45) is 5.92 Å². The van der Waals surface area contributed by atoms with Gasteiger partial charge in [0.2, 0.25) is 11.8 Å². The van der Waals surface area contributed by atoms with E-state index in [4.69, 9.17) is 4.42 Å². The number of carbonyl (C=O) groups excluding carboxylic acids is 3. The first-order valence-electron chi connectivity index (χ1n) is 13.1. The van der Waals surface area contributed by atoms with E-state index < -0.39 is 12.1 Å². The molecule has 0 saturated heterocycles. The van der Waals surface area contributed by atoms with Gasteiger partial charge in [0.25, 0.3) is 5.91 Å². The lowest BCUT2D eigenvalue weighted by atomic mass is 9.89. The molecule has 2 unspecified atom stereocenters. The second kappa shape index (κ2) is 9.52. The minimum atomic E-state index is -0.754. The molecule has 0 aliphatic carbocycles. The van der Waals surface area contributed by atoms with Gasteiger partial charge in [0.05, 0.1) is 18.8 Å². The Labute approximate surface area is 220 Å². The van der Waals surface area contributed by atoms with Crippen molar-refractivity contribution in [2.45, 2.75) is 51.4 Å². The molecule has 0 spiro atoms. The summed E-state index contributed by atoms with van der Waals surface area (Å²) in [7, 11) is 0. The van der Waals surface area contributed by atoms with Gasteiger partial charge in [-0.15, -0.1) is 0 Å². The van der Waals surface area contributed by atoms with Gasteiger partial charge in [0, 0.05) is 28.6 Å². The molecule has 3 N–H and O–H groups in total. The molecule has 38 heavy (non-hydrogen) atoms. The summed E-state index contributed by atoms with van der Waals surface area (Å²) in [5, 5.41) is 6.94. The summed E-state index contributed by atoms with van der Waals surface area (Å²) in [6.45, 7) is 4.16. The SMILES string of the molecule is CCC(C)[C@H](NC(=O)[C@@H]1Cc2c([nH]c3ccccc23)C2c3ccccc3C(=O)N21)C(=O)NCc1ccco1.